The summed E-state index contributed by atoms with van der Waals surface area (Å²) in [4.78, 5) is 24.5. The predicted molar refractivity (Wildman–Crippen MR) is 128 cm³/mol. The third-order valence-corrected chi connectivity index (χ3v) is 5.46. The molecule has 0 radical (unpaired) electrons. The van der Waals surface area contributed by atoms with Gasteiger partial charge >= 0.3 is 0 Å². The molecule has 3 aromatic carbocycles. The third kappa shape index (κ3) is 5.85. The fourth-order valence-electron chi connectivity index (χ4n) is 2.50. The van der Waals surface area contributed by atoms with Crippen molar-refractivity contribution in [2.45, 2.75) is 6.92 Å². The zero-order valence-electron chi connectivity index (χ0n) is 15.5. The van der Waals surface area contributed by atoms with Crippen molar-refractivity contribution in [3.8, 4) is 0 Å². The van der Waals surface area contributed by atoms with Crippen LogP contribution in [0.1, 0.15) is 26.3 Å². The second-order valence-corrected chi connectivity index (χ2v) is 7.84. The van der Waals surface area contributed by atoms with Gasteiger partial charge < -0.3 is 10.6 Å². The van der Waals surface area contributed by atoms with Crippen molar-refractivity contribution in [3.05, 3.63) is 93.1 Å². The van der Waals surface area contributed by atoms with Crippen LogP contribution in [0.2, 0.25) is 0 Å². The van der Waals surface area contributed by atoms with Crippen LogP contribution >= 0.6 is 34.8 Å². The summed E-state index contributed by atoms with van der Waals surface area (Å²) in [6, 6.07) is 21.5. The molecule has 5 nitrogen and oxygen atoms in total. The average Bonchev–Trinajstić information content (AvgIpc) is 2.72. The number of thiocarbonyl (C=S) groups is 1. The summed E-state index contributed by atoms with van der Waals surface area (Å²) in [5.74, 6) is -0.450. The largest absolute Gasteiger partial charge is 0.332 e. The molecule has 0 aliphatic rings. The van der Waals surface area contributed by atoms with Crippen LogP contribution in [0.25, 0.3) is 0 Å². The molecule has 0 heterocycles. The number of anilines is 2. The van der Waals surface area contributed by atoms with E-state index in [0.717, 1.165) is 9.13 Å². The Morgan fingerprint density at radius 2 is 1.41 bits per heavy atom. The molecular weight excluding hydrogens is 497 g/mol. The zero-order valence-corrected chi connectivity index (χ0v) is 18.5. The summed E-state index contributed by atoms with van der Waals surface area (Å²) < 4.78 is 1.02. The van der Waals surface area contributed by atoms with E-state index < -0.39 is 0 Å². The smallest absolute Gasteiger partial charge is 0.257 e. The van der Waals surface area contributed by atoms with E-state index in [1.807, 2.05) is 37.3 Å². The molecule has 0 spiro atoms. The quantitative estimate of drug-likeness (QED) is 0.339. The Bertz CT molecular complexity index is 1050. The molecule has 0 saturated heterocycles. The number of aryl methyl sites for hydroxylation is 1. The molecule has 3 rings (SSSR count). The molecule has 0 bridgehead atoms. The Kier molecular flexibility index (Phi) is 6.95. The summed E-state index contributed by atoms with van der Waals surface area (Å²) >= 11 is 7.41. The highest BCUT2D eigenvalue weighted by atomic mass is 127. The first-order valence-electron chi connectivity index (χ1n) is 8.77. The Hall–Kier alpha value is -2.78. The fraction of sp³-hybridized carbons (Fsp3) is 0.0455. The summed E-state index contributed by atoms with van der Waals surface area (Å²) in [6.45, 7) is 1.99. The topological polar surface area (TPSA) is 70.2 Å². The third-order valence-electron chi connectivity index (χ3n) is 4.10. The van der Waals surface area contributed by atoms with Crippen LogP contribution in [0, 0.1) is 10.5 Å². The van der Waals surface area contributed by atoms with Crippen molar-refractivity contribution in [3.63, 3.8) is 0 Å². The molecule has 146 valence electrons. The van der Waals surface area contributed by atoms with E-state index >= 15 is 0 Å². The van der Waals surface area contributed by atoms with Crippen molar-refractivity contribution in [1.82, 2.24) is 5.32 Å². The van der Waals surface area contributed by atoms with Gasteiger partial charge in [0.1, 0.15) is 0 Å². The van der Waals surface area contributed by atoms with Gasteiger partial charge in [0.15, 0.2) is 5.11 Å². The van der Waals surface area contributed by atoms with E-state index in [4.69, 9.17) is 12.2 Å². The van der Waals surface area contributed by atoms with Gasteiger partial charge in [0.2, 0.25) is 0 Å². The van der Waals surface area contributed by atoms with Crippen molar-refractivity contribution in [1.29, 1.82) is 0 Å². The molecule has 0 unspecified atom stereocenters. The van der Waals surface area contributed by atoms with Crippen molar-refractivity contribution in [2.75, 3.05) is 10.6 Å². The molecule has 3 aromatic rings. The molecule has 0 atom stereocenters. The number of rotatable bonds is 4. The maximum atomic E-state index is 12.3. The van der Waals surface area contributed by atoms with Crippen LogP contribution in [0.5, 0.6) is 0 Å². The molecule has 0 aliphatic heterocycles. The van der Waals surface area contributed by atoms with Crippen LogP contribution in [0.4, 0.5) is 11.4 Å². The van der Waals surface area contributed by atoms with Crippen LogP contribution in [0.15, 0.2) is 72.8 Å². The molecule has 7 heteroatoms. The number of hydrogen-bond donors (Lipinski definition) is 3. The highest BCUT2D eigenvalue weighted by Crippen LogP contribution is 2.16. The van der Waals surface area contributed by atoms with Gasteiger partial charge in [-0.05, 0) is 95.8 Å². The second-order valence-electron chi connectivity index (χ2n) is 6.27. The van der Waals surface area contributed by atoms with Gasteiger partial charge in [-0.2, -0.15) is 0 Å². The molecule has 3 N–H and O–H groups in total. The van der Waals surface area contributed by atoms with Gasteiger partial charge in [0.25, 0.3) is 11.8 Å². The molecule has 0 fully saturated rings. The summed E-state index contributed by atoms with van der Waals surface area (Å²) in [7, 11) is 0. The average molecular weight is 515 g/mol. The van der Waals surface area contributed by atoms with Gasteiger partial charge in [0, 0.05) is 26.1 Å². The first-order chi connectivity index (χ1) is 13.9. The first kappa shape index (κ1) is 20.9. The number of benzene rings is 3. The van der Waals surface area contributed by atoms with E-state index in [1.165, 1.54) is 0 Å². The van der Waals surface area contributed by atoms with Crippen molar-refractivity contribution in [2.24, 2.45) is 0 Å². The highest BCUT2D eigenvalue weighted by Gasteiger charge is 2.10. The minimum atomic E-state index is -0.271. The lowest BCUT2D eigenvalue weighted by Crippen LogP contribution is -2.34. The zero-order chi connectivity index (χ0) is 20.8. The number of hydrogen-bond acceptors (Lipinski definition) is 3. The van der Waals surface area contributed by atoms with Crippen LogP contribution in [-0.2, 0) is 0 Å². The molecular formula is C22H18IN3O2S. The number of carbonyl (C=O) groups is 2. The predicted octanol–water partition coefficient (Wildman–Crippen LogP) is 4.98. The Morgan fingerprint density at radius 3 is 2.03 bits per heavy atom. The molecule has 2 amide bonds. The van der Waals surface area contributed by atoms with Crippen molar-refractivity contribution < 1.29 is 9.59 Å². The number of nitrogens with one attached hydrogen (secondary N) is 3. The molecule has 0 aromatic heterocycles. The van der Waals surface area contributed by atoms with E-state index in [-0.39, 0.29) is 16.9 Å². The fourth-order valence-corrected chi connectivity index (χ4v) is 3.23. The van der Waals surface area contributed by atoms with E-state index in [0.29, 0.717) is 22.5 Å². The lowest BCUT2D eigenvalue weighted by atomic mass is 10.1. The number of carbonyl (C=O) groups excluding carboxylic acids is 2. The Morgan fingerprint density at radius 1 is 0.793 bits per heavy atom. The SMILES string of the molecule is Cc1ccc(C(=O)NC(=S)Nc2ccc(NC(=O)c3ccccc3)cc2)cc1I. The van der Waals surface area contributed by atoms with E-state index in [9.17, 15) is 9.59 Å². The van der Waals surface area contributed by atoms with Crippen LogP contribution in [-0.4, -0.2) is 16.9 Å². The second kappa shape index (κ2) is 9.62. The molecule has 0 saturated carbocycles. The molecule has 29 heavy (non-hydrogen) atoms. The summed E-state index contributed by atoms with van der Waals surface area (Å²) in [6.07, 6.45) is 0. The van der Waals surface area contributed by atoms with Crippen LogP contribution in [0.3, 0.4) is 0 Å². The molecule has 0 aliphatic carbocycles. The lowest BCUT2D eigenvalue weighted by Gasteiger charge is -2.11. The van der Waals surface area contributed by atoms with Gasteiger partial charge in [-0.3, -0.25) is 14.9 Å². The van der Waals surface area contributed by atoms with Gasteiger partial charge in [-0.1, -0.05) is 24.3 Å². The Labute approximate surface area is 188 Å². The van der Waals surface area contributed by atoms with Gasteiger partial charge in [-0.15, -0.1) is 0 Å². The summed E-state index contributed by atoms with van der Waals surface area (Å²) in [5.41, 5.74) is 3.61. The lowest BCUT2D eigenvalue weighted by molar-refractivity contribution is 0.0976. The minimum Gasteiger partial charge on any atom is -0.332 e. The summed E-state index contributed by atoms with van der Waals surface area (Å²) in [5, 5.41) is 8.67. The van der Waals surface area contributed by atoms with E-state index in [2.05, 4.69) is 38.5 Å². The maximum Gasteiger partial charge on any atom is 0.257 e. The minimum absolute atomic E-state index is 0.179. The normalized spacial score (nSPS) is 10.1. The van der Waals surface area contributed by atoms with Crippen molar-refractivity contribution >= 4 is 63.1 Å². The first-order valence-corrected chi connectivity index (χ1v) is 10.3. The van der Waals surface area contributed by atoms with Gasteiger partial charge in [-0.25, -0.2) is 0 Å². The standard InChI is InChI=1S/C22H18IN3O2S/c1-14-7-8-16(13-19(14)23)21(28)26-22(29)25-18-11-9-17(10-12-18)24-20(27)15-5-3-2-4-6-15/h2-13H,1H3,(H,24,27)(H2,25,26,28,29). The monoisotopic (exact) mass is 515 g/mol. The number of halogens is 1. The highest BCUT2D eigenvalue weighted by molar-refractivity contribution is 14.1. The van der Waals surface area contributed by atoms with E-state index in [1.54, 1.807) is 42.5 Å². The van der Waals surface area contributed by atoms with Gasteiger partial charge in [0.05, 0.1) is 0 Å². The van der Waals surface area contributed by atoms with Crippen LogP contribution < -0.4 is 16.0 Å². The maximum absolute atomic E-state index is 12.3. The number of amides is 2. The Balaban J connectivity index is 1.56.